The molecular weight excluding hydrogens is 178 g/mol. The Morgan fingerprint density at radius 3 is 2.71 bits per heavy atom. The molecule has 0 radical (unpaired) electrons. The summed E-state index contributed by atoms with van der Waals surface area (Å²) in [4.78, 5) is 8.35. The monoisotopic (exact) mass is 195 g/mol. The maximum atomic E-state index is 5.53. The van der Waals surface area contributed by atoms with Crippen molar-refractivity contribution in [2.24, 2.45) is 0 Å². The number of hydrogen-bond acceptors (Lipinski definition) is 4. The molecule has 78 valence electrons. The van der Waals surface area contributed by atoms with Gasteiger partial charge in [0.2, 0.25) is 0 Å². The van der Waals surface area contributed by atoms with Crippen molar-refractivity contribution in [3.63, 3.8) is 0 Å². The first-order valence-corrected chi connectivity index (χ1v) is 4.86. The van der Waals surface area contributed by atoms with E-state index in [1.165, 1.54) is 0 Å². The van der Waals surface area contributed by atoms with E-state index in [-0.39, 0.29) is 6.10 Å². The second kappa shape index (κ2) is 5.54. The van der Waals surface area contributed by atoms with Gasteiger partial charge in [-0.1, -0.05) is 6.92 Å². The zero-order chi connectivity index (χ0) is 10.4. The van der Waals surface area contributed by atoms with E-state index in [4.69, 9.17) is 4.74 Å². The number of anilines is 1. The van der Waals surface area contributed by atoms with Gasteiger partial charge < -0.3 is 10.1 Å². The van der Waals surface area contributed by atoms with Gasteiger partial charge in [0.1, 0.15) is 5.82 Å². The molecule has 1 unspecified atom stereocenters. The Morgan fingerprint density at radius 1 is 1.43 bits per heavy atom. The predicted molar refractivity (Wildman–Crippen MR) is 56.1 cm³/mol. The molecule has 0 fully saturated rings. The molecular formula is C10H17N3O. The summed E-state index contributed by atoms with van der Waals surface area (Å²) in [5.41, 5.74) is 0.865. The van der Waals surface area contributed by atoms with Gasteiger partial charge in [0.25, 0.3) is 0 Å². The maximum Gasteiger partial charge on any atom is 0.144 e. The molecule has 1 atom stereocenters. The average molecular weight is 195 g/mol. The molecule has 4 nitrogen and oxygen atoms in total. The fraction of sp³-hybridized carbons (Fsp3) is 0.600. The van der Waals surface area contributed by atoms with Crippen LogP contribution in [0.1, 0.15) is 26.0 Å². The SMILES string of the molecule is CCC(C)OCc1cnc(NC)cn1. The normalized spacial score (nSPS) is 12.5. The van der Waals surface area contributed by atoms with Crippen LogP contribution in [0.5, 0.6) is 0 Å². The van der Waals surface area contributed by atoms with Crippen LogP contribution >= 0.6 is 0 Å². The highest BCUT2D eigenvalue weighted by molar-refractivity contribution is 5.29. The summed E-state index contributed by atoms with van der Waals surface area (Å²) in [5.74, 6) is 0.775. The van der Waals surface area contributed by atoms with E-state index < -0.39 is 0 Å². The molecule has 14 heavy (non-hydrogen) atoms. The highest BCUT2D eigenvalue weighted by atomic mass is 16.5. The fourth-order valence-electron chi connectivity index (χ4n) is 0.904. The summed E-state index contributed by atoms with van der Waals surface area (Å²) in [5, 5.41) is 2.92. The molecule has 1 N–H and O–H groups in total. The standard InChI is InChI=1S/C10H17N3O/c1-4-8(2)14-7-9-5-13-10(11-3)6-12-9/h5-6,8H,4,7H2,1-3H3,(H,11,13). The van der Waals surface area contributed by atoms with Crippen LogP contribution in [0.2, 0.25) is 0 Å². The van der Waals surface area contributed by atoms with Gasteiger partial charge in [0.05, 0.1) is 30.8 Å². The van der Waals surface area contributed by atoms with Crippen molar-refractivity contribution in [1.29, 1.82) is 0 Å². The molecule has 1 rings (SSSR count). The Hall–Kier alpha value is -1.16. The maximum absolute atomic E-state index is 5.53. The molecule has 1 aromatic heterocycles. The van der Waals surface area contributed by atoms with E-state index in [1.54, 1.807) is 12.4 Å². The van der Waals surface area contributed by atoms with Crippen LogP contribution in [-0.4, -0.2) is 23.1 Å². The van der Waals surface area contributed by atoms with Gasteiger partial charge in [-0.05, 0) is 13.3 Å². The van der Waals surface area contributed by atoms with Crippen molar-refractivity contribution in [3.8, 4) is 0 Å². The largest absolute Gasteiger partial charge is 0.372 e. The van der Waals surface area contributed by atoms with E-state index in [0.717, 1.165) is 17.9 Å². The Kier molecular flexibility index (Phi) is 4.32. The third-order valence-electron chi connectivity index (χ3n) is 2.05. The van der Waals surface area contributed by atoms with Crippen LogP contribution in [0, 0.1) is 0 Å². The van der Waals surface area contributed by atoms with E-state index in [9.17, 15) is 0 Å². The van der Waals surface area contributed by atoms with Gasteiger partial charge >= 0.3 is 0 Å². The van der Waals surface area contributed by atoms with Gasteiger partial charge in [0.15, 0.2) is 0 Å². The van der Waals surface area contributed by atoms with Crippen molar-refractivity contribution in [1.82, 2.24) is 9.97 Å². The minimum Gasteiger partial charge on any atom is -0.372 e. The lowest BCUT2D eigenvalue weighted by Crippen LogP contribution is -2.07. The van der Waals surface area contributed by atoms with Crippen LogP contribution < -0.4 is 5.32 Å². The Bertz CT molecular complexity index is 261. The van der Waals surface area contributed by atoms with Crippen molar-refractivity contribution in [2.45, 2.75) is 33.0 Å². The molecule has 0 aliphatic heterocycles. The van der Waals surface area contributed by atoms with Crippen LogP contribution in [0.4, 0.5) is 5.82 Å². The molecule has 0 saturated heterocycles. The zero-order valence-corrected chi connectivity index (χ0v) is 8.95. The molecule has 0 aromatic carbocycles. The minimum absolute atomic E-state index is 0.278. The summed E-state index contributed by atoms with van der Waals surface area (Å²) in [6, 6.07) is 0. The van der Waals surface area contributed by atoms with Crippen LogP contribution in [0.3, 0.4) is 0 Å². The third kappa shape index (κ3) is 3.30. The lowest BCUT2D eigenvalue weighted by Gasteiger charge is -2.09. The topological polar surface area (TPSA) is 47.0 Å². The summed E-state index contributed by atoms with van der Waals surface area (Å²) in [7, 11) is 1.82. The minimum atomic E-state index is 0.278. The highest BCUT2D eigenvalue weighted by Crippen LogP contribution is 2.04. The first-order chi connectivity index (χ1) is 6.76. The van der Waals surface area contributed by atoms with Gasteiger partial charge in [-0.3, -0.25) is 4.98 Å². The molecule has 0 saturated carbocycles. The molecule has 0 aliphatic rings. The van der Waals surface area contributed by atoms with E-state index in [1.807, 2.05) is 7.05 Å². The third-order valence-corrected chi connectivity index (χ3v) is 2.05. The number of aromatic nitrogens is 2. The van der Waals surface area contributed by atoms with Crippen molar-refractivity contribution in [2.75, 3.05) is 12.4 Å². The fourth-order valence-corrected chi connectivity index (χ4v) is 0.904. The highest BCUT2D eigenvalue weighted by Gasteiger charge is 2.00. The lowest BCUT2D eigenvalue weighted by molar-refractivity contribution is 0.0487. The molecule has 0 amide bonds. The molecule has 4 heteroatoms. The van der Waals surface area contributed by atoms with E-state index in [2.05, 4.69) is 29.1 Å². The summed E-state index contributed by atoms with van der Waals surface area (Å²) in [6.45, 7) is 4.68. The number of nitrogens with zero attached hydrogens (tertiary/aromatic N) is 2. The van der Waals surface area contributed by atoms with E-state index >= 15 is 0 Å². The van der Waals surface area contributed by atoms with Crippen molar-refractivity contribution < 1.29 is 4.74 Å². The van der Waals surface area contributed by atoms with Crippen LogP contribution in [0.25, 0.3) is 0 Å². The molecule has 0 spiro atoms. The zero-order valence-electron chi connectivity index (χ0n) is 8.95. The first-order valence-electron chi connectivity index (χ1n) is 4.86. The van der Waals surface area contributed by atoms with Crippen molar-refractivity contribution in [3.05, 3.63) is 18.1 Å². The van der Waals surface area contributed by atoms with Gasteiger partial charge in [-0.25, -0.2) is 4.98 Å². The van der Waals surface area contributed by atoms with Gasteiger partial charge in [0, 0.05) is 7.05 Å². The van der Waals surface area contributed by atoms with Gasteiger partial charge in [-0.2, -0.15) is 0 Å². The quantitative estimate of drug-likeness (QED) is 0.778. The predicted octanol–water partition coefficient (Wildman–Crippen LogP) is 1.83. The van der Waals surface area contributed by atoms with Crippen molar-refractivity contribution >= 4 is 5.82 Å². The summed E-state index contributed by atoms with van der Waals surface area (Å²) >= 11 is 0. The summed E-state index contributed by atoms with van der Waals surface area (Å²) in [6.07, 6.45) is 4.73. The number of hydrogen-bond donors (Lipinski definition) is 1. The Morgan fingerprint density at radius 2 is 2.21 bits per heavy atom. The smallest absolute Gasteiger partial charge is 0.144 e. The molecule has 1 heterocycles. The Labute approximate surface area is 84.7 Å². The molecule has 0 aliphatic carbocycles. The summed E-state index contributed by atoms with van der Waals surface area (Å²) < 4.78 is 5.53. The van der Waals surface area contributed by atoms with Gasteiger partial charge in [-0.15, -0.1) is 0 Å². The molecule has 0 bridgehead atoms. The van der Waals surface area contributed by atoms with Crippen LogP contribution in [0.15, 0.2) is 12.4 Å². The number of rotatable bonds is 5. The van der Waals surface area contributed by atoms with Crippen LogP contribution in [-0.2, 0) is 11.3 Å². The molecule has 1 aromatic rings. The first kappa shape index (κ1) is 10.9. The lowest BCUT2D eigenvalue weighted by atomic mass is 10.3. The number of nitrogens with one attached hydrogen (secondary N) is 1. The Balaban J connectivity index is 2.43. The average Bonchev–Trinajstić information content (AvgIpc) is 2.26. The number of ether oxygens (including phenoxy) is 1. The second-order valence-electron chi connectivity index (χ2n) is 3.17. The van der Waals surface area contributed by atoms with E-state index in [0.29, 0.717) is 6.61 Å². The second-order valence-corrected chi connectivity index (χ2v) is 3.17.